The molecule has 4 bridgehead atoms. The molecule has 1 atom stereocenters. The number of amides is 1. The molecule has 0 radical (unpaired) electrons. The summed E-state index contributed by atoms with van der Waals surface area (Å²) in [6, 6.07) is 2.46. The van der Waals surface area contributed by atoms with E-state index in [1.165, 1.54) is 19.3 Å². The summed E-state index contributed by atoms with van der Waals surface area (Å²) in [4.78, 5) is 28.7. The van der Waals surface area contributed by atoms with Crippen molar-refractivity contribution in [3.63, 3.8) is 0 Å². The van der Waals surface area contributed by atoms with Gasteiger partial charge in [-0.2, -0.15) is 0 Å². The molecule has 0 aromatic carbocycles. The van der Waals surface area contributed by atoms with E-state index in [1.807, 2.05) is 0 Å². The lowest BCUT2D eigenvalue weighted by Gasteiger charge is -2.55. The molecule has 25 heavy (non-hydrogen) atoms. The van der Waals surface area contributed by atoms with E-state index in [0.717, 1.165) is 24.8 Å². The Morgan fingerprint density at radius 2 is 1.80 bits per heavy atom. The van der Waals surface area contributed by atoms with E-state index in [2.05, 4.69) is 10.3 Å². The minimum absolute atomic E-state index is 0.0547. The lowest BCUT2D eigenvalue weighted by molar-refractivity contribution is -0.151. The fourth-order valence-corrected chi connectivity index (χ4v) is 5.77. The summed E-state index contributed by atoms with van der Waals surface area (Å²) in [5.41, 5.74) is 0.420. The molecule has 0 saturated heterocycles. The van der Waals surface area contributed by atoms with Crippen LogP contribution < -0.4 is 5.32 Å². The summed E-state index contributed by atoms with van der Waals surface area (Å²) in [7, 11) is 0. The Labute approximate surface area is 152 Å². The molecule has 5 rings (SSSR count). The van der Waals surface area contributed by atoms with Gasteiger partial charge < -0.3 is 10.4 Å². The van der Waals surface area contributed by atoms with Crippen molar-refractivity contribution in [2.24, 2.45) is 23.2 Å². The average molecular weight is 363 g/mol. The number of nitrogens with zero attached hydrogens (tertiary/aromatic N) is 1. The van der Waals surface area contributed by atoms with Gasteiger partial charge in [-0.15, -0.1) is 0 Å². The van der Waals surface area contributed by atoms with Crippen LogP contribution in [0.5, 0.6) is 0 Å². The smallest absolute Gasteiger partial charge is 0.326 e. The number of carboxylic acid groups (broad SMARTS) is 1. The van der Waals surface area contributed by atoms with E-state index >= 15 is 0 Å². The average Bonchev–Trinajstić information content (AvgIpc) is 2.54. The minimum atomic E-state index is -1.01. The normalized spacial score (nSPS) is 33.9. The van der Waals surface area contributed by atoms with Gasteiger partial charge in [-0.05, 0) is 67.9 Å². The molecule has 6 heteroatoms. The molecule has 4 saturated carbocycles. The number of hydrogen-bond donors (Lipinski definition) is 2. The first-order chi connectivity index (χ1) is 11.9. The Morgan fingerprint density at radius 3 is 2.28 bits per heavy atom. The van der Waals surface area contributed by atoms with Crippen LogP contribution in [0.4, 0.5) is 0 Å². The molecule has 2 N–H and O–H groups in total. The number of carbonyl (C=O) groups is 2. The minimum Gasteiger partial charge on any atom is -0.480 e. The number of carbonyl (C=O) groups excluding carboxylic acids is 1. The number of aromatic nitrogens is 1. The molecule has 4 fully saturated rings. The molecule has 1 aromatic heterocycles. The van der Waals surface area contributed by atoms with E-state index < -0.39 is 12.0 Å². The van der Waals surface area contributed by atoms with E-state index in [4.69, 9.17) is 11.6 Å². The van der Waals surface area contributed by atoms with Crippen LogP contribution in [0.3, 0.4) is 0 Å². The molecule has 4 aliphatic rings. The van der Waals surface area contributed by atoms with Crippen molar-refractivity contribution in [1.82, 2.24) is 10.3 Å². The van der Waals surface area contributed by atoms with Crippen LogP contribution in [0.15, 0.2) is 18.3 Å². The fraction of sp³-hybridized carbons (Fsp3) is 0.632. The van der Waals surface area contributed by atoms with Gasteiger partial charge in [0.1, 0.15) is 11.2 Å². The van der Waals surface area contributed by atoms with Gasteiger partial charge in [-0.3, -0.25) is 4.79 Å². The fourth-order valence-electron chi connectivity index (χ4n) is 5.66. The van der Waals surface area contributed by atoms with Gasteiger partial charge in [0.15, 0.2) is 0 Å². The molecule has 134 valence electrons. The molecule has 0 spiro atoms. The van der Waals surface area contributed by atoms with Crippen molar-refractivity contribution in [2.45, 2.75) is 51.0 Å². The number of halogens is 1. The lowest BCUT2D eigenvalue weighted by Crippen LogP contribution is -2.56. The second-order valence-corrected chi connectivity index (χ2v) is 8.64. The van der Waals surface area contributed by atoms with Crippen LogP contribution in [-0.2, 0) is 16.0 Å². The highest BCUT2D eigenvalue weighted by Gasteiger charge is 2.54. The predicted molar refractivity (Wildman–Crippen MR) is 93.1 cm³/mol. The molecular weight excluding hydrogens is 340 g/mol. The Hall–Kier alpha value is -1.62. The number of hydrogen-bond acceptors (Lipinski definition) is 3. The van der Waals surface area contributed by atoms with Gasteiger partial charge in [-0.1, -0.05) is 17.7 Å². The summed E-state index contributed by atoms with van der Waals surface area (Å²) in [6.07, 6.45) is 8.34. The lowest BCUT2D eigenvalue weighted by atomic mass is 9.49. The van der Waals surface area contributed by atoms with E-state index in [0.29, 0.717) is 22.9 Å². The summed E-state index contributed by atoms with van der Waals surface area (Å²) in [5.74, 6) is 0.899. The first kappa shape index (κ1) is 16.8. The first-order valence-corrected chi connectivity index (χ1v) is 9.45. The quantitative estimate of drug-likeness (QED) is 0.789. The monoisotopic (exact) mass is 362 g/mol. The largest absolute Gasteiger partial charge is 0.480 e. The highest BCUT2D eigenvalue weighted by Crippen LogP contribution is 2.60. The number of carboxylic acids is 1. The molecular formula is C19H23ClN2O3. The topological polar surface area (TPSA) is 79.3 Å². The third-order valence-electron chi connectivity index (χ3n) is 6.35. The van der Waals surface area contributed by atoms with E-state index in [-0.39, 0.29) is 17.7 Å². The molecule has 0 aliphatic heterocycles. The van der Waals surface area contributed by atoms with Gasteiger partial charge >= 0.3 is 5.97 Å². The van der Waals surface area contributed by atoms with Crippen molar-refractivity contribution in [1.29, 1.82) is 0 Å². The standard InChI is InChI=1S/C19H23ClN2O3/c20-16-2-1-11(10-21-16)6-15(17(23)24)22-18(25)19-7-12-3-13(8-19)5-14(4-12)9-19/h1-2,10,12-15H,3-9H2,(H,22,25)(H,23,24)/t12?,13?,14?,15-,19?/m1/s1. The zero-order valence-electron chi connectivity index (χ0n) is 14.1. The molecule has 1 heterocycles. The Bertz CT molecular complexity index is 653. The maximum Gasteiger partial charge on any atom is 0.326 e. The number of rotatable bonds is 5. The van der Waals surface area contributed by atoms with Crippen molar-refractivity contribution < 1.29 is 14.7 Å². The third-order valence-corrected chi connectivity index (χ3v) is 6.58. The van der Waals surface area contributed by atoms with Crippen LogP contribution in [-0.4, -0.2) is 28.0 Å². The summed E-state index contributed by atoms with van der Waals surface area (Å²) < 4.78 is 0. The van der Waals surface area contributed by atoms with Crippen LogP contribution in [0.25, 0.3) is 0 Å². The van der Waals surface area contributed by atoms with Gasteiger partial charge in [0.05, 0.1) is 0 Å². The van der Waals surface area contributed by atoms with Gasteiger partial charge in [0, 0.05) is 18.0 Å². The van der Waals surface area contributed by atoms with Crippen molar-refractivity contribution >= 4 is 23.5 Å². The molecule has 4 aliphatic carbocycles. The Morgan fingerprint density at radius 1 is 1.20 bits per heavy atom. The van der Waals surface area contributed by atoms with Crippen LogP contribution in [0.1, 0.15) is 44.1 Å². The second kappa shape index (κ2) is 6.27. The first-order valence-electron chi connectivity index (χ1n) is 9.08. The van der Waals surface area contributed by atoms with Crippen LogP contribution in [0.2, 0.25) is 5.15 Å². The Balaban J connectivity index is 1.47. The van der Waals surface area contributed by atoms with Crippen molar-refractivity contribution in [2.75, 3.05) is 0 Å². The summed E-state index contributed by atoms with van der Waals surface area (Å²) in [5, 5.41) is 12.8. The number of pyridine rings is 1. The Kier molecular flexibility index (Phi) is 4.22. The van der Waals surface area contributed by atoms with E-state index in [1.54, 1.807) is 18.3 Å². The molecule has 1 aromatic rings. The van der Waals surface area contributed by atoms with E-state index in [9.17, 15) is 14.7 Å². The van der Waals surface area contributed by atoms with Gasteiger partial charge in [0.25, 0.3) is 0 Å². The zero-order chi connectivity index (χ0) is 17.6. The van der Waals surface area contributed by atoms with Crippen LogP contribution >= 0.6 is 11.6 Å². The molecule has 5 nitrogen and oxygen atoms in total. The van der Waals surface area contributed by atoms with Gasteiger partial charge in [-0.25, -0.2) is 9.78 Å². The van der Waals surface area contributed by atoms with Crippen LogP contribution in [0, 0.1) is 23.2 Å². The number of aliphatic carboxylic acids is 1. The maximum absolute atomic E-state index is 13.0. The van der Waals surface area contributed by atoms with Gasteiger partial charge in [0.2, 0.25) is 5.91 Å². The molecule has 0 unspecified atom stereocenters. The highest BCUT2D eigenvalue weighted by molar-refractivity contribution is 6.29. The van der Waals surface area contributed by atoms with Crippen molar-refractivity contribution in [3.8, 4) is 0 Å². The zero-order valence-corrected chi connectivity index (χ0v) is 14.8. The maximum atomic E-state index is 13.0. The highest BCUT2D eigenvalue weighted by atomic mass is 35.5. The predicted octanol–water partition coefficient (Wildman–Crippen LogP) is 3.06. The molecule has 1 amide bonds. The summed E-state index contributed by atoms with van der Waals surface area (Å²) in [6.45, 7) is 0. The SMILES string of the molecule is O=C(O)[C@@H](Cc1ccc(Cl)nc1)NC(=O)C12CC3CC(CC(C3)C1)C2. The number of nitrogens with one attached hydrogen (secondary N) is 1. The second-order valence-electron chi connectivity index (χ2n) is 8.26. The summed E-state index contributed by atoms with van der Waals surface area (Å²) >= 11 is 5.77. The third kappa shape index (κ3) is 3.26. The van der Waals surface area contributed by atoms with Crippen molar-refractivity contribution in [3.05, 3.63) is 29.0 Å².